The molecule has 1 aliphatic carbocycles. The Morgan fingerprint density at radius 2 is 1.93 bits per heavy atom. The van der Waals surface area contributed by atoms with Gasteiger partial charge in [0.1, 0.15) is 12.2 Å². The minimum atomic E-state index is -0.710. The summed E-state index contributed by atoms with van der Waals surface area (Å²) < 4.78 is 15.4. The smallest absolute Gasteiger partial charge is 0.408 e. The van der Waals surface area contributed by atoms with Crippen molar-refractivity contribution in [3.8, 4) is 0 Å². The van der Waals surface area contributed by atoms with Crippen molar-refractivity contribution >= 4 is 29.6 Å². The van der Waals surface area contributed by atoms with E-state index in [0.29, 0.717) is 17.9 Å². The van der Waals surface area contributed by atoms with E-state index in [-0.39, 0.29) is 23.2 Å². The van der Waals surface area contributed by atoms with Crippen LogP contribution in [0.3, 0.4) is 0 Å². The van der Waals surface area contributed by atoms with Gasteiger partial charge < -0.3 is 19.5 Å². The average molecular weight is 412 g/mol. The molecule has 2 rings (SSSR count). The topological polar surface area (TPSA) is 90.9 Å². The second kappa shape index (κ2) is 9.28. The van der Waals surface area contributed by atoms with Crippen LogP contribution >= 0.6 is 11.6 Å². The van der Waals surface area contributed by atoms with Gasteiger partial charge in [-0.25, -0.2) is 9.59 Å². The lowest BCUT2D eigenvalue weighted by Gasteiger charge is -2.24. The number of ether oxygens (including phenoxy) is 3. The minimum Gasteiger partial charge on any atom is -0.465 e. The van der Waals surface area contributed by atoms with Crippen LogP contribution in [0, 0.1) is 5.92 Å². The standard InChI is InChI=1S/C20H26ClNO6/c1-20(2,3)28-19(25)22-16(11-27-17(23)9-12-5-6-12)13-7-8-15(21)14(10-13)18(24)26-4/h7-8,10,12,16H,5-6,9,11H2,1-4H3,(H,22,25)/t16-/m1/s1. The summed E-state index contributed by atoms with van der Waals surface area (Å²) in [5.41, 5.74) is 0.00547. The maximum Gasteiger partial charge on any atom is 0.408 e. The first-order valence-corrected chi connectivity index (χ1v) is 9.49. The van der Waals surface area contributed by atoms with Crippen molar-refractivity contribution in [2.24, 2.45) is 5.92 Å². The van der Waals surface area contributed by atoms with Crippen LogP contribution in [0.25, 0.3) is 0 Å². The van der Waals surface area contributed by atoms with Gasteiger partial charge in [-0.1, -0.05) is 17.7 Å². The number of benzene rings is 1. The van der Waals surface area contributed by atoms with Crippen molar-refractivity contribution < 1.29 is 28.6 Å². The Bertz CT molecular complexity index is 739. The minimum absolute atomic E-state index is 0.0902. The maximum atomic E-state index is 12.2. The summed E-state index contributed by atoms with van der Waals surface area (Å²) in [4.78, 5) is 36.1. The van der Waals surface area contributed by atoms with Gasteiger partial charge in [0.25, 0.3) is 0 Å². The van der Waals surface area contributed by atoms with Crippen molar-refractivity contribution in [1.82, 2.24) is 5.32 Å². The van der Waals surface area contributed by atoms with E-state index >= 15 is 0 Å². The Kier molecular flexibility index (Phi) is 7.29. The number of nitrogens with one attached hydrogen (secondary N) is 1. The van der Waals surface area contributed by atoms with Crippen LogP contribution in [-0.2, 0) is 19.0 Å². The summed E-state index contributed by atoms with van der Waals surface area (Å²) >= 11 is 6.06. The molecule has 1 fully saturated rings. The molecule has 0 bridgehead atoms. The molecule has 0 radical (unpaired) electrons. The molecule has 1 amide bonds. The molecule has 1 atom stereocenters. The summed E-state index contributed by atoms with van der Waals surface area (Å²) in [6.07, 6.45) is 1.78. The third kappa shape index (κ3) is 7.03. The number of hydrogen-bond donors (Lipinski definition) is 1. The summed E-state index contributed by atoms with van der Waals surface area (Å²) in [5, 5.41) is 2.90. The van der Waals surface area contributed by atoms with Gasteiger partial charge in [-0.3, -0.25) is 4.79 Å². The number of amides is 1. The van der Waals surface area contributed by atoms with E-state index < -0.39 is 23.7 Å². The van der Waals surface area contributed by atoms with E-state index in [4.69, 9.17) is 25.8 Å². The van der Waals surface area contributed by atoms with Gasteiger partial charge in [-0.15, -0.1) is 0 Å². The normalized spacial score (nSPS) is 14.8. The highest BCUT2D eigenvalue weighted by Gasteiger charge is 2.27. The molecule has 8 heteroatoms. The first kappa shape index (κ1) is 22.0. The number of halogens is 1. The molecule has 0 spiro atoms. The molecule has 7 nitrogen and oxygen atoms in total. The van der Waals surface area contributed by atoms with Gasteiger partial charge >= 0.3 is 18.0 Å². The zero-order valence-electron chi connectivity index (χ0n) is 16.5. The molecule has 28 heavy (non-hydrogen) atoms. The largest absolute Gasteiger partial charge is 0.465 e. The third-order valence-corrected chi connectivity index (χ3v) is 4.38. The molecule has 0 aromatic heterocycles. The number of carbonyl (C=O) groups excluding carboxylic acids is 3. The first-order chi connectivity index (χ1) is 13.1. The van der Waals surface area contributed by atoms with Crippen LogP contribution in [0.2, 0.25) is 5.02 Å². The Balaban J connectivity index is 2.17. The second-order valence-electron chi connectivity index (χ2n) is 7.76. The molecule has 1 aromatic carbocycles. The van der Waals surface area contributed by atoms with Gasteiger partial charge in [0, 0.05) is 6.42 Å². The molecule has 0 unspecified atom stereocenters. The molecule has 0 heterocycles. The molecule has 1 N–H and O–H groups in total. The van der Waals surface area contributed by atoms with Crippen LogP contribution in [-0.4, -0.2) is 37.3 Å². The molecular formula is C20H26ClNO6. The van der Waals surface area contributed by atoms with E-state index in [2.05, 4.69) is 5.32 Å². The fourth-order valence-electron chi connectivity index (χ4n) is 2.49. The van der Waals surface area contributed by atoms with Crippen molar-refractivity contribution in [3.63, 3.8) is 0 Å². The van der Waals surface area contributed by atoms with Crippen molar-refractivity contribution in [1.29, 1.82) is 0 Å². The predicted molar refractivity (Wildman–Crippen MR) is 103 cm³/mol. The number of alkyl carbamates (subject to hydrolysis) is 1. The lowest BCUT2D eigenvalue weighted by atomic mass is 10.0. The number of esters is 2. The number of methoxy groups -OCH3 is 1. The van der Waals surface area contributed by atoms with Crippen LogP contribution < -0.4 is 5.32 Å². The fourth-order valence-corrected chi connectivity index (χ4v) is 2.68. The monoisotopic (exact) mass is 411 g/mol. The van der Waals surface area contributed by atoms with E-state index in [9.17, 15) is 14.4 Å². The van der Waals surface area contributed by atoms with Crippen molar-refractivity contribution in [2.45, 2.75) is 51.7 Å². The maximum absolute atomic E-state index is 12.2. The zero-order chi connectivity index (χ0) is 20.9. The molecular weight excluding hydrogens is 386 g/mol. The zero-order valence-corrected chi connectivity index (χ0v) is 17.3. The van der Waals surface area contributed by atoms with Gasteiger partial charge in [-0.2, -0.15) is 0 Å². The highest BCUT2D eigenvalue weighted by molar-refractivity contribution is 6.33. The van der Waals surface area contributed by atoms with Crippen molar-refractivity contribution in [3.05, 3.63) is 34.3 Å². The van der Waals surface area contributed by atoms with Crippen LogP contribution in [0.15, 0.2) is 18.2 Å². The SMILES string of the molecule is COC(=O)c1cc([C@@H](COC(=O)CC2CC2)NC(=O)OC(C)(C)C)ccc1Cl. The summed E-state index contributed by atoms with van der Waals surface area (Å²) in [6.45, 7) is 5.14. The lowest BCUT2D eigenvalue weighted by molar-refractivity contribution is -0.144. The summed E-state index contributed by atoms with van der Waals surface area (Å²) in [7, 11) is 1.25. The van der Waals surface area contributed by atoms with Gasteiger partial charge in [0.15, 0.2) is 0 Å². The van der Waals surface area contributed by atoms with Crippen LogP contribution in [0.4, 0.5) is 4.79 Å². The van der Waals surface area contributed by atoms with Crippen LogP contribution in [0.5, 0.6) is 0 Å². The molecule has 0 aliphatic heterocycles. The number of rotatable bonds is 7. The van der Waals surface area contributed by atoms with Crippen molar-refractivity contribution in [2.75, 3.05) is 13.7 Å². The molecule has 1 aliphatic rings. The Morgan fingerprint density at radius 1 is 1.25 bits per heavy atom. The third-order valence-electron chi connectivity index (χ3n) is 4.05. The highest BCUT2D eigenvalue weighted by atomic mass is 35.5. The number of hydrogen-bond acceptors (Lipinski definition) is 6. The quantitative estimate of drug-likeness (QED) is 0.538. The number of carbonyl (C=O) groups is 3. The summed E-state index contributed by atoms with van der Waals surface area (Å²) in [6, 6.07) is 3.97. The molecule has 154 valence electrons. The fraction of sp³-hybridized carbons (Fsp3) is 0.550. The predicted octanol–water partition coefficient (Wildman–Crippen LogP) is 4.04. The molecule has 0 saturated heterocycles. The van der Waals surface area contributed by atoms with Gasteiger partial charge in [-0.05, 0) is 57.2 Å². The van der Waals surface area contributed by atoms with Crippen LogP contribution in [0.1, 0.15) is 62.0 Å². The Labute approximate surface area is 169 Å². The summed E-state index contributed by atoms with van der Waals surface area (Å²) in [5.74, 6) is -0.527. The molecule has 1 aromatic rings. The Morgan fingerprint density at radius 3 is 2.50 bits per heavy atom. The first-order valence-electron chi connectivity index (χ1n) is 9.12. The van der Waals surface area contributed by atoms with Gasteiger partial charge in [0.2, 0.25) is 0 Å². The highest BCUT2D eigenvalue weighted by Crippen LogP contribution is 2.32. The van der Waals surface area contributed by atoms with Gasteiger partial charge in [0.05, 0.1) is 23.7 Å². The van der Waals surface area contributed by atoms with E-state index in [1.165, 1.54) is 19.2 Å². The van der Waals surface area contributed by atoms with E-state index in [1.54, 1.807) is 26.8 Å². The second-order valence-corrected chi connectivity index (χ2v) is 8.17. The average Bonchev–Trinajstić information content (AvgIpc) is 3.40. The molecule has 1 saturated carbocycles. The lowest BCUT2D eigenvalue weighted by Crippen LogP contribution is -2.37. The van der Waals surface area contributed by atoms with E-state index in [1.807, 2.05) is 0 Å². The van der Waals surface area contributed by atoms with E-state index in [0.717, 1.165) is 12.8 Å². The Hall–Kier alpha value is -2.28.